The first-order valence-electron chi connectivity index (χ1n) is 3.16. The molecule has 0 aliphatic rings. The summed E-state index contributed by atoms with van der Waals surface area (Å²) in [7, 11) is 0. The van der Waals surface area contributed by atoms with Gasteiger partial charge in [0.05, 0.1) is 0 Å². The van der Waals surface area contributed by atoms with Gasteiger partial charge in [-0.2, -0.15) is 25.3 Å². The van der Waals surface area contributed by atoms with Crippen molar-refractivity contribution >= 4 is 31.2 Å². The average Bonchev–Trinajstić information content (AvgIpc) is 1.89. The zero-order valence-corrected chi connectivity index (χ0v) is 8.53. The van der Waals surface area contributed by atoms with E-state index in [0.717, 1.165) is 6.42 Å². The van der Waals surface area contributed by atoms with Crippen LogP contribution in [-0.2, 0) is 4.79 Å². The van der Waals surface area contributed by atoms with Gasteiger partial charge < -0.3 is 5.11 Å². The van der Waals surface area contributed by atoms with Crippen LogP contribution in [-0.4, -0.2) is 15.7 Å². The molecule has 0 spiro atoms. The maximum absolute atomic E-state index is 9.60. The number of carboxylic acid groups (broad SMARTS) is 1. The molecule has 0 radical (unpaired) electrons. The van der Waals surface area contributed by atoms with Gasteiger partial charge in [0, 0.05) is 10.2 Å². The number of carboxylic acids is 1. The molecule has 0 rings (SSSR count). The van der Waals surface area contributed by atoms with Crippen molar-refractivity contribution in [1.82, 2.24) is 0 Å². The number of carbonyl (C=O) groups is 1. The van der Waals surface area contributed by atoms with Gasteiger partial charge in [0.25, 0.3) is 0 Å². The SMILES string of the molecule is C=C(C)C(=O)O.CCC(S)S. The van der Waals surface area contributed by atoms with E-state index in [2.05, 4.69) is 31.8 Å². The summed E-state index contributed by atoms with van der Waals surface area (Å²) in [5.74, 6) is -0.935. The van der Waals surface area contributed by atoms with Gasteiger partial charge in [-0.3, -0.25) is 0 Å². The Balaban J connectivity index is 0. The molecule has 4 heteroatoms. The zero-order chi connectivity index (χ0) is 9.44. The van der Waals surface area contributed by atoms with Crippen LogP contribution in [0, 0.1) is 0 Å². The molecule has 0 atom stereocenters. The lowest BCUT2D eigenvalue weighted by Gasteiger charge is -1.89. The smallest absolute Gasteiger partial charge is 0.330 e. The maximum atomic E-state index is 9.60. The Morgan fingerprint density at radius 2 is 1.82 bits per heavy atom. The molecule has 0 aromatic rings. The monoisotopic (exact) mass is 194 g/mol. The van der Waals surface area contributed by atoms with E-state index in [9.17, 15) is 4.79 Å². The van der Waals surface area contributed by atoms with E-state index >= 15 is 0 Å². The van der Waals surface area contributed by atoms with Gasteiger partial charge in [0.15, 0.2) is 0 Å². The van der Waals surface area contributed by atoms with Crippen LogP contribution >= 0.6 is 25.3 Å². The Morgan fingerprint density at radius 3 is 1.82 bits per heavy atom. The molecule has 66 valence electrons. The molecule has 0 aliphatic carbocycles. The van der Waals surface area contributed by atoms with Crippen LogP contribution in [0.3, 0.4) is 0 Å². The first-order chi connectivity index (χ1) is 4.91. The lowest BCUT2D eigenvalue weighted by Crippen LogP contribution is -1.92. The predicted octanol–water partition coefficient (Wildman–Crippen LogP) is 2.23. The van der Waals surface area contributed by atoms with Crippen LogP contribution in [0.25, 0.3) is 0 Å². The lowest BCUT2D eigenvalue weighted by atomic mass is 10.4. The Morgan fingerprint density at radius 1 is 1.64 bits per heavy atom. The molecule has 0 unspecified atom stereocenters. The second kappa shape index (κ2) is 8.01. The Kier molecular flexibility index (Phi) is 9.83. The largest absolute Gasteiger partial charge is 0.478 e. The molecule has 2 nitrogen and oxygen atoms in total. The highest BCUT2D eigenvalue weighted by molar-refractivity contribution is 7.99. The van der Waals surface area contributed by atoms with Gasteiger partial charge in [-0.05, 0) is 13.3 Å². The molecular weight excluding hydrogens is 180 g/mol. The van der Waals surface area contributed by atoms with E-state index in [1.165, 1.54) is 6.92 Å². The third kappa shape index (κ3) is 17.8. The van der Waals surface area contributed by atoms with E-state index in [1.54, 1.807) is 0 Å². The van der Waals surface area contributed by atoms with Gasteiger partial charge in [0.2, 0.25) is 0 Å². The summed E-state index contributed by atoms with van der Waals surface area (Å²) < 4.78 is 0.273. The van der Waals surface area contributed by atoms with Crippen LogP contribution in [0.15, 0.2) is 12.2 Å². The summed E-state index contributed by atoms with van der Waals surface area (Å²) in [5.41, 5.74) is 0.176. The van der Waals surface area contributed by atoms with Crippen molar-refractivity contribution in [2.45, 2.75) is 24.9 Å². The molecule has 0 aromatic carbocycles. The lowest BCUT2D eigenvalue weighted by molar-refractivity contribution is -0.132. The highest BCUT2D eigenvalue weighted by Crippen LogP contribution is 2.01. The number of thiol groups is 2. The minimum absolute atomic E-state index is 0.176. The third-order valence-electron chi connectivity index (χ3n) is 0.730. The third-order valence-corrected chi connectivity index (χ3v) is 1.46. The summed E-state index contributed by atoms with van der Waals surface area (Å²) in [6, 6.07) is 0. The molecule has 0 fully saturated rings. The predicted molar refractivity (Wildman–Crippen MR) is 54.5 cm³/mol. The Hall–Kier alpha value is -0.0900. The summed E-state index contributed by atoms with van der Waals surface area (Å²) in [4.78, 5) is 9.60. The van der Waals surface area contributed by atoms with Gasteiger partial charge in [-0.25, -0.2) is 4.79 Å². The second-order valence-corrected chi connectivity index (χ2v) is 3.63. The molecule has 0 aromatic heterocycles. The van der Waals surface area contributed by atoms with E-state index in [1.807, 2.05) is 6.92 Å². The van der Waals surface area contributed by atoms with Crippen LogP contribution in [0.5, 0.6) is 0 Å². The van der Waals surface area contributed by atoms with Gasteiger partial charge in [0.1, 0.15) is 0 Å². The van der Waals surface area contributed by atoms with Crippen LogP contribution in [0.4, 0.5) is 0 Å². The van der Waals surface area contributed by atoms with Crippen molar-refractivity contribution in [3.63, 3.8) is 0 Å². The Bertz CT molecular complexity index is 120. The summed E-state index contributed by atoms with van der Waals surface area (Å²) in [6.07, 6.45) is 1.03. The normalized spacial score (nSPS) is 8.45. The maximum Gasteiger partial charge on any atom is 0.330 e. The molecule has 0 saturated heterocycles. The highest BCUT2D eigenvalue weighted by Gasteiger charge is 1.90. The van der Waals surface area contributed by atoms with Crippen LogP contribution in [0.2, 0.25) is 0 Å². The molecule has 0 saturated carbocycles. The minimum atomic E-state index is -0.935. The molecule has 0 aliphatic heterocycles. The minimum Gasteiger partial charge on any atom is -0.478 e. The van der Waals surface area contributed by atoms with Crippen molar-refractivity contribution in [2.24, 2.45) is 0 Å². The molecule has 0 amide bonds. The van der Waals surface area contributed by atoms with Crippen LogP contribution < -0.4 is 0 Å². The van der Waals surface area contributed by atoms with E-state index in [0.29, 0.717) is 0 Å². The highest BCUT2D eigenvalue weighted by atomic mass is 32.2. The van der Waals surface area contributed by atoms with Gasteiger partial charge in [-0.1, -0.05) is 13.5 Å². The van der Waals surface area contributed by atoms with Crippen molar-refractivity contribution < 1.29 is 9.90 Å². The fourth-order valence-electron chi connectivity index (χ4n) is 0. The topological polar surface area (TPSA) is 37.3 Å². The number of hydrogen-bond donors (Lipinski definition) is 3. The van der Waals surface area contributed by atoms with E-state index < -0.39 is 5.97 Å². The number of aliphatic carboxylic acids is 1. The number of rotatable bonds is 2. The van der Waals surface area contributed by atoms with Crippen LogP contribution in [0.1, 0.15) is 20.3 Å². The molecule has 11 heavy (non-hydrogen) atoms. The number of hydrogen-bond acceptors (Lipinski definition) is 3. The first-order valence-corrected chi connectivity index (χ1v) is 4.20. The van der Waals surface area contributed by atoms with E-state index in [-0.39, 0.29) is 10.2 Å². The van der Waals surface area contributed by atoms with Crippen molar-refractivity contribution in [2.75, 3.05) is 0 Å². The first kappa shape index (κ1) is 13.5. The molecular formula is C7H14O2S2. The fourth-order valence-corrected chi connectivity index (χ4v) is 0. The van der Waals surface area contributed by atoms with Crippen molar-refractivity contribution in [3.8, 4) is 0 Å². The quantitative estimate of drug-likeness (QED) is 0.358. The molecule has 0 heterocycles. The van der Waals surface area contributed by atoms with Gasteiger partial charge in [-0.15, -0.1) is 0 Å². The van der Waals surface area contributed by atoms with Crippen molar-refractivity contribution in [1.29, 1.82) is 0 Å². The second-order valence-electron chi connectivity index (χ2n) is 1.97. The molecule has 1 N–H and O–H groups in total. The average molecular weight is 194 g/mol. The zero-order valence-electron chi connectivity index (χ0n) is 6.74. The van der Waals surface area contributed by atoms with Crippen molar-refractivity contribution in [3.05, 3.63) is 12.2 Å². The summed E-state index contributed by atoms with van der Waals surface area (Å²) in [6.45, 7) is 6.65. The Labute approximate surface area is 78.5 Å². The fraction of sp³-hybridized carbons (Fsp3) is 0.571. The van der Waals surface area contributed by atoms with E-state index in [4.69, 9.17) is 5.11 Å². The summed E-state index contributed by atoms with van der Waals surface area (Å²) in [5, 5.41) is 7.89. The van der Waals surface area contributed by atoms with Gasteiger partial charge >= 0.3 is 5.97 Å². The summed E-state index contributed by atoms with van der Waals surface area (Å²) >= 11 is 7.92. The molecule has 0 bridgehead atoms. The standard InChI is InChI=1S/C4H6O2.C3H8S2/c1-3(2)4(5)6;1-2-3(4)5/h1H2,2H3,(H,5,6);3-5H,2H2,1H3.